The standard InChI is InChI=1S/C14H20N2O3S/c1-14(2)6-4-5-10(14)12(18)16-13-15-9(8-20-13)7-11(17)19-3/h8,10H,4-7H2,1-3H3,(H,15,16,18). The summed E-state index contributed by atoms with van der Waals surface area (Å²) in [4.78, 5) is 27.7. The number of ether oxygens (including phenoxy) is 1. The molecule has 6 heteroatoms. The van der Waals surface area contributed by atoms with E-state index in [0.717, 1.165) is 19.3 Å². The molecule has 1 N–H and O–H groups in total. The van der Waals surface area contributed by atoms with Crippen LogP contribution in [0.5, 0.6) is 0 Å². The van der Waals surface area contributed by atoms with Gasteiger partial charge in [0, 0.05) is 11.3 Å². The van der Waals surface area contributed by atoms with Crippen molar-refractivity contribution < 1.29 is 14.3 Å². The molecule has 0 saturated heterocycles. The fourth-order valence-corrected chi connectivity index (χ4v) is 3.38. The number of aromatic nitrogens is 1. The molecule has 20 heavy (non-hydrogen) atoms. The summed E-state index contributed by atoms with van der Waals surface area (Å²) in [6.07, 6.45) is 3.24. The molecule has 110 valence electrons. The van der Waals surface area contributed by atoms with E-state index in [9.17, 15) is 9.59 Å². The zero-order valence-electron chi connectivity index (χ0n) is 12.1. The highest BCUT2D eigenvalue weighted by atomic mass is 32.1. The number of amides is 1. The van der Waals surface area contributed by atoms with Crippen LogP contribution in [0.1, 0.15) is 38.8 Å². The van der Waals surface area contributed by atoms with Gasteiger partial charge in [0.25, 0.3) is 0 Å². The molecular formula is C14H20N2O3S. The number of thiazole rings is 1. The first-order chi connectivity index (χ1) is 9.42. The van der Waals surface area contributed by atoms with Gasteiger partial charge in [-0.2, -0.15) is 0 Å². The monoisotopic (exact) mass is 296 g/mol. The molecule has 0 radical (unpaired) electrons. The quantitative estimate of drug-likeness (QED) is 0.867. The normalized spacial score (nSPS) is 20.6. The van der Waals surface area contributed by atoms with Gasteiger partial charge in [0.15, 0.2) is 5.13 Å². The largest absolute Gasteiger partial charge is 0.469 e. The van der Waals surface area contributed by atoms with Crippen LogP contribution in [-0.2, 0) is 20.7 Å². The highest BCUT2D eigenvalue weighted by Crippen LogP contribution is 2.43. The summed E-state index contributed by atoms with van der Waals surface area (Å²) in [6, 6.07) is 0. The lowest BCUT2D eigenvalue weighted by atomic mass is 9.81. The van der Waals surface area contributed by atoms with E-state index in [2.05, 4.69) is 28.9 Å². The van der Waals surface area contributed by atoms with Gasteiger partial charge in [0.1, 0.15) is 0 Å². The van der Waals surface area contributed by atoms with Gasteiger partial charge in [0.05, 0.1) is 19.2 Å². The zero-order chi connectivity index (χ0) is 14.8. The van der Waals surface area contributed by atoms with E-state index < -0.39 is 0 Å². The van der Waals surface area contributed by atoms with Crippen LogP contribution in [0, 0.1) is 11.3 Å². The van der Waals surface area contributed by atoms with Crippen molar-refractivity contribution in [3.63, 3.8) is 0 Å². The molecule has 2 rings (SSSR count). The van der Waals surface area contributed by atoms with Crippen LogP contribution in [-0.4, -0.2) is 24.0 Å². The fourth-order valence-electron chi connectivity index (χ4n) is 2.67. The molecule has 1 aliphatic carbocycles. The van der Waals surface area contributed by atoms with Gasteiger partial charge in [0.2, 0.25) is 5.91 Å². The summed E-state index contributed by atoms with van der Waals surface area (Å²) < 4.78 is 4.59. The van der Waals surface area contributed by atoms with Crippen LogP contribution in [0.3, 0.4) is 0 Å². The van der Waals surface area contributed by atoms with Crippen LogP contribution in [0.2, 0.25) is 0 Å². The Kier molecular flexibility index (Phi) is 4.42. The lowest BCUT2D eigenvalue weighted by Gasteiger charge is -2.25. The van der Waals surface area contributed by atoms with Crippen molar-refractivity contribution in [1.82, 2.24) is 4.98 Å². The maximum Gasteiger partial charge on any atom is 0.311 e. The SMILES string of the molecule is COC(=O)Cc1csc(NC(=O)C2CCCC2(C)C)n1. The smallest absolute Gasteiger partial charge is 0.311 e. The number of esters is 1. The molecule has 1 heterocycles. The van der Waals surface area contributed by atoms with Gasteiger partial charge < -0.3 is 10.1 Å². The molecule has 1 unspecified atom stereocenters. The fraction of sp³-hybridized carbons (Fsp3) is 0.643. The van der Waals surface area contributed by atoms with Crippen molar-refractivity contribution in [2.75, 3.05) is 12.4 Å². The van der Waals surface area contributed by atoms with Gasteiger partial charge in [-0.05, 0) is 18.3 Å². The molecule has 1 aliphatic rings. The van der Waals surface area contributed by atoms with Crippen LogP contribution in [0.25, 0.3) is 0 Å². The van der Waals surface area contributed by atoms with E-state index in [4.69, 9.17) is 0 Å². The average Bonchev–Trinajstić information content (AvgIpc) is 2.95. The minimum absolute atomic E-state index is 0.0338. The minimum atomic E-state index is -0.329. The predicted octanol–water partition coefficient (Wildman–Crippen LogP) is 2.62. The van der Waals surface area contributed by atoms with Crippen LogP contribution in [0.4, 0.5) is 5.13 Å². The topological polar surface area (TPSA) is 68.3 Å². The minimum Gasteiger partial charge on any atom is -0.469 e. The highest BCUT2D eigenvalue weighted by Gasteiger charge is 2.39. The molecule has 1 saturated carbocycles. The molecule has 0 bridgehead atoms. The van der Waals surface area contributed by atoms with E-state index in [1.165, 1.54) is 18.4 Å². The summed E-state index contributed by atoms with van der Waals surface area (Å²) in [5, 5.41) is 5.19. The number of hydrogen-bond acceptors (Lipinski definition) is 5. The second-order valence-corrected chi connectivity index (χ2v) is 6.68. The molecular weight excluding hydrogens is 276 g/mol. The third kappa shape index (κ3) is 3.36. The Hall–Kier alpha value is -1.43. The number of rotatable bonds is 4. The van der Waals surface area contributed by atoms with Gasteiger partial charge >= 0.3 is 5.97 Å². The third-order valence-electron chi connectivity index (χ3n) is 3.91. The third-order valence-corrected chi connectivity index (χ3v) is 4.72. The van der Waals surface area contributed by atoms with E-state index in [1.54, 1.807) is 5.38 Å². The van der Waals surface area contributed by atoms with Crippen LogP contribution in [0.15, 0.2) is 5.38 Å². The molecule has 1 fully saturated rings. The number of carbonyl (C=O) groups excluding carboxylic acids is 2. The Morgan fingerprint density at radius 2 is 2.30 bits per heavy atom. The number of carbonyl (C=O) groups is 2. The predicted molar refractivity (Wildman–Crippen MR) is 77.6 cm³/mol. The molecule has 0 aliphatic heterocycles. The van der Waals surface area contributed by atoms with Crippen molar-refractivity contribution in [3.8, 4) is 0 Å². The maximum absolute atomic E-state index is 12.3. The lowest BCUT2D eigenvalue weighted by Crippen LogP contribution is -2.30. The molecule has 5 nitrogen and oxygen atoms in total. The van der Waals surface area contributed by atoms with Crippen molar-refractivity contribution in [3.05, 3.63) is 11.1 Å². The summed E-state index contributed by atoms with van der Waals surface area (Å²) in [5.74, 6) is -0.257. The number of hydrogen-bond donors (Lipinski definition) is 1. The van der Waals surface area contributed by atoms with Crippen molar-refractivity contribution in [2.45, 2.75) is 39.5 Å². The van der Waals surface area contributed by atoms with E-state index >= 15 is 0 Å². The van der Waals surface area contributed by atoms with Gasteiger partial charge in [-0.3, -0.25) is 9.59 Å². The summed E-state index contributed by atoms with van der Waals surface area (Å²) in [7, 11) is 1.35. The Balaban J connectivity index is 1.97. The number of nitrogens with zero attached hydrogens (tertiary/aromatic N) is 1. The molecule has 1 atom stereocenters. The summed E-state index contributed by atoms with van der Waals surface area (Å²) >= 11 is 1.34. The van der Waals surface area contributed by atoms with Gasteiger partial charge in [-0.1, -0.05) is 20.3 Å². The first kappa shape index (κ1) is 15.0. The molecule has 1 amide bonds. The Bertz CT molecular complexity index is 510. The lowest BCUT2D eigenvalue weighted by molar-refractivity contribution is -0.139. The summed E-state index contributed by atoms with van der Waals surface area (Å²) in [6.45, 7) is 4.27. The highest BCUT2D eigenvalue weighted by molar-refractivity contribution is 7.13. The number of methoxy groups -OCH3 is 1. The van der Waals surface area contributed by atoms with Crippen molar-refractivity contribution in [2.24, 2.45) is 11.3 Å². The number of anilines is 1. The second kappa shape index (κ2) is 5.91. The van der Waals surface area contributed by atoms with E-state index in [-0.39, 0.29) is 29.6 Å². The molecule has 1 aromatic rings. The van der Waals surface area contributed by atoms with Gasteiger partial charge in [-0.25, -0.2) is 4.98 Å². The summed E-state index contributed by atoms with van der Waals surface area (Å²) in [5.41, 5.74) is 0.679. The maximum atomic E-state index is 12.3. The van der Waals surface area contributed by atoms with Crippen molar-refractivity contribution >= 4 is 28.3 Å². The average molecular weight is 296 g/mol. The number of nitrogens with one attached hydrogen (secondary N) is 1. The van der Waals surface area contributed by atoms with Crippen LogP contribution < -0.4 is 5.32 Å². The van der Waals surface area contributed by atoms with Crippen LogP contribution >= 0.6 is 11.3 Å². The molecule has 0 spiro atoms. The first-order valence-corrected chi connectivity index (χ1v) is 7.62. The molecule has 1 aromatic heterocycles. The Morgan fingerprint density at radius 1 is 1.55 bits per heavy atom. The van der Waals surface area contributed by atoms with E-state index in [1.807, 2.05) is 0 Å². The Labute approximate surface area is 122 Å². The second-order valence-electron chi connectivity index (χ2n) is 5.82. The Morgan fingerprint density at radius 3 is 2.90 bits per heavy atom. The first-order valence-electron chi connectivity index (χ1n) is 6.74. The van der Waals surface area contributed by atoms with Gasteiger partial charge in [-0.15, -0.1) is 11.3 Å². The van der Waals surface area contributed by atoms with E-state index in [0.29, 0.717) is 10.8 Å². The zero-order valence-corrected chi connectivity index (χ0v) is 12.9. The van der Waals surface area contributed by atoms with Crippen molar-refractivity contribution in [1.29, 1.82) is 0 Å². The molecule has 0 aromatic carbocycles.